The quantitative estimate of drug-likeness (QED) is 0.202. The highest BCUT2D eigenvalue weighted by Crippen LogP contribution is 2.31. The Bertz CT molecular complexity index is 662. The Hall–Kier alpha value is -1.10. The van der Waals surface area contributed by atoms with Crippen LogP contribution >= 0.6 is 24.0 Å². The molecule has 2 aliphatic heterocycles. The summed E-state index contributed by atoms with van der Waals surface area (Å²) in [5.41, 5.74) is 1.10. The number of nitrogens with one attached hydrogen (secondary N) is 2. The molecule has 31 heavy (non-hydrogen) atoms. The number of ether oxygens (including phenoxy) is 3. The van der Waals surface area contributed by atoms with Gasteiger partial charge in [0.15, 0.2) is 5.96 Å². The zero-order chi connectivity index (χ0) is 21.1. The van der Waals surface area contributed by atoms with Crippen LogP contribution in [0.25, 0.3) is 0 Å². The van der Waals surface area contributed by atoms with E-state index in [1.54, 1.807) is 7.11 Å². The van der Waals surface area contributed by atoms with E-state index in [1.165, 1.54) is 25.9 Å². The lowest BCUT2D eigenvalue weighted by Gasteiger charge is -2.43. The van der Waals surface area contributed by atoms with Crippen LogP contribution in [0.3, 0.4) is 0 Å². The third kappa shape index (κ3) is 8.07. The fraction of sp³-hybridized carbons (Fsp3) is 0.696. The summed E-state index contributed by atoms with van der Waals surface area (Å²) in [5.74, 6) is 1.67. The van der Waals surface area contributed by atoms with Gasteiger partial charge in [0.2, 0.25) is 0 Å². The van der Waals surface area contributed by atoms with Gasteiger partial charge in [0.1, 0.15) is 5.75 Å². The topological polar surface area (TPSA) is 67.4 Å². The van der Waals surface area contributed by atoms with Crippen molar-refractivity contribution >= 4 is 35.6 Å². The highest BCUT2D eigenvalue weighted by atomic mass is 127. The number of likely N-dealkylation sites (tertiary alicyclic amines) is 1. The summed E-state index contributed by atoms with van der Waals surface area (Å²) in [6.45, 7) is 9.08. The van der Waals surface area contributed by atoms with Gasteiger partial charge in [-0.2, -0.15) is 0 Å². The summed E-state index contributed by atoms with van der Waals surface area (Å²) in [7, 11) is 1.71. The maximum absolute atomic E-state index is 5.83. The molecule has 0 bridgehead atoms. The summed E-state index contributed by atoms with van der Waals surface area (Å²) in [6.07, 6.45) is 5.57. The normalized spacial score (nSPS) is 19.0. The third-order valence-corrected chi connectivity index (χ3v) is 5.93. The molecule has 0 amide bonds. The van der Waals surface area contributed by atoms with Gasteiger partial charge in [0, 0.05) is 57.2 Å². The zero-order valence-corrected chi connectivity index (χ0v) is 21.4. The maximum Gasteiger partial charge on any atom is 0.195 e. The maximum atomic E-state index is 5.83. The molecule has 2 saturated heterocycles. The average Bonchev–Trinajstić information content (AvgIpc) is 3.32. The van der Waals surface area contributed by atoms with Gasteiger partial charge in [-0.1, -0.05) is 6.07 Å². The Balaban J connectivity index is 0.00000341. The molecule has 2 heterocycles. The fourth-order valence-corrected chi connectivity index (χ4v) is 4.24. The second kappa shape index (κ2) is 14.1. The molecule has 0 saturated carbocycles. The molecule has 0 aromatic heterocycles. The lowest BCUT2D eigenvalue weighted by molar-refractivity contribution is -0.0138. The lowest BCUT2D eigenvalue weighted by atomic mass is 9.88. The van der Waals surface area contributed by atoms with Crippen molar-refractivity contribution < 1.29 is 14.2 Å². The van der Waals surface area contributed by atoms with Gasteiger partial charge in [-0.15, -0.1) is 24.0 Å². The van der Waals surface area contributed by atoms with Gasteiger partial charge < -0.3 is 24.8 Å². The van der Waals surface area contributed by atoms with E-state index in [-0.39, 0.29) is 29.5 Å². The second-order valence-electron chi connectivity index (χ2n) is 8.07. The summed E-state index contributed by atoms with van der Waals surface area (Å²) < 4.78 is 16.6. The largest absolute Gasteiger partial charge is 0.493 e. The first kappa shape index (κ1) is 26.2. The number of aliphatic imine (C=N–C) groups is 1. The van der Waals surface area contributed by atoms with Gasteiger partial charge in [0.25, 0.3) is 0 Å². The van der Waals surface area contributed by atoms with E-state index in [0.717, 1.165) is 63.0 Å². The van der Waals surface area contributed by atoms with Gasteiger partial charge in [-0.25, -0.2) is 0 Å². The molecule has 2 aliphatic rings. The predicted octanol–water partition coefficient (Wildman–Crippen LogP) is 3.74. The summed E-state index contributed by atoms with van der Waals surface area (Å²) in [6, 6.07) is 8.04. The van der Waals surface area contributed by atoms with Crippen molar-refractivity contribution in [2.75, 3.05) is 65.0 Å². The van der Waals surface area contributed by atoms with E-state index in [4.69, 9.17) is 19.2 Å². The monoisotopic (exact) mass is 546 g/mol. The third-order valence-electron chi connectivity index (χ3n) is 5.93. The molecule has 8 heteroatoms. The van der Waals surface area contributed by atoms with Crippen molar-refractivity contribution in [1.29, 1.82) is 0 Å². The standard InChI is InChI=1S/C23H38N4O3.HI/c1-3-24-22(26-20-8-6-9-21(18-20)30-15-7-14-28-2)25-19-23(10-16-29-17-11-23)27-12-4-5-13-27;/h6,8-9,18H,3-5,7,10-17,19H2,1-2H3,(H2,24,25,26);1H. The van der Waals surface area contributed by atoms with Gasteiger partial charge in [-0.3, -0.25) is 9.89 Å². The molecule has 0 spiro atoms. The van der Waals surface area contributed by atoms with E-state index in [1.807, 2.05) is 24.3 Å². The minimum absolute atomic E-state index is 0. The molecule has 2 N–H and O–H groups in total. The molecule has 0 unspecified atom stereocenters. The first-order valence-corrected chi connectivity index (χ1v) is 11.4. The number of guanidine groups is 1. The lowest BCUT2D eigenvalue weighted by Crippen LogP contribution is -2.53. The molecule has 3 rings (SSSR count). The summed E-state index contributed by atoms with van der Waals surface area (Å²) in [5, 5.41) is 6.84. The smallest absolute Gasteiger partial charge is 0.195 e. The Labute approximate surface area is 204 Å². The van der Waals surface area contributed by atoms with Crippen LogP contribution < -0.4 is 15.4 Å². The Kier molecular flexibility index (Phi) is 11.9. The molecule has 176 valence electrons. The van der Waals surface area contributed by atoms with Crippen molar-refractivity contribution in [3.63, 3.8) is 0 Å². The molecular formula is C23H39IN4O3. The van der Waals surface area contributed by atoms with Crippen LogP contribution in [-0.2, 0) is 9.47 Å². The van der Waals surface area contributed by atoms with E-state index < -0.39 is 0 Å². The van der Waals surface area contributed by atoms with Crippen LogP contribution in [0, 0.1) is 0 Å². The summed E-state index contributed by atoms with van der Waals surface area (Å²) >= 11 is 0. The number of anilines is 1. The highest BCUT2D eigenvalue weighted by molar-refractivity contribution is 14.0. The number of nitrogens with zero attached hydrogens (tertiary/aromatic N) is 2. The van der Waals surface area contributed by atoms with Crippen LogP contribution in [0.15, 0.2) is 29.3 Å². The Morgan fingerprint density at radius 3 is 2.68 bits per heavy atom. The molecular weight excluding hydrogens is 507 g/mol. The highest BCUT2D eigenvalue weighted by Gasteiger charge is 2.39. The number of halogens is 1. The minimum Gasteiger partial charge on any atom is -0.493 e. The molecule has 1 aromatic carbocycles. The molecule has 2 fully saturated rings. The minimum atomic E-state index is 0. The van der Waals surface area contributed by atoms with Crippen molar-refractivity contribution in [3.05, 3.63) is 24.3 Å². The second-order valence-corrected chi connectivity index (χ2v) is 8.07. The van der Waals surface area contributed by atoms with Crippen molar-refractivity contribution in [1.82, 2.24) is 10.2 Å². The number of hydrogen-bond donors (Lipinski definition) is 2. The van der Waals surface area contributed by atoms with Crippen LogP contribution in [0.1, 0.15) is 39.0 Å². The van der Waals surface area contributed by atoms with Gasteiger partial charge >= 0.3 is 0 Å². The van der Waals surface area contributed by atoms with E-state index in [9.17, 15) is 0 Å². The van der Waals surface area contributed by atoms with Crippen LogP contribution in [-0.4, -0.2) is 76.1 Å². The number of benzene rings is 1. The number of rotatable bonds is 10. The first-order valence-electron chi connectivity index (χ1n) is 11.4. The van der Waals surface area contributed by atoms with Crippen molar-refractivity contribution in [2.45, 2.75) is 44.6 Å². The van der Waals surface area contributed by atoms with Gasteiger partial charge in [0.05, 0.1) is 13.2 Å². The van der Waals surface area contributed by atoms with E-state index in [2.05, 4.69) is 22.5 Å². The van der Waals surface area contributed by atoms with E-state index in [0.29, 0.717) is 13.2 Å². The van der Waals surface area contributed by atoms with Crippen LogP contribution in [0.2, 0.25) is 0 Å². The van der Waals surface area contributed by atoms with E-state index >= 15 is 0 Å². The SMILES string of the molecule is CCNC(=NCC1(N2CCCC2)CCOCC1)Nc1cccc(OCCCOC)c1.I. The molecule has 0 atom stereocenters. The molecule has 1 aromatic rings. The zero-order valence-electron chi connectivity index (χ0n) is 19.0. The predicted molar refractivity (Wildman–Crippen MR) is 137 cm³/mol. The molecule has 0 aliphatic carbocycles. The number of hydrogen-bond acceptors (Lipinski definition) is 5. The van der Waals surface area contributed by atoms with Crippen molar-refractivity contribution in [3.8, 4) is 5.75 Å². The number of methoxy groups -OCH3 is 1. The van der Waals surface area contributed by atoms with Crippen molar-refractivity contribution in [2.24, 2.45) is 4.99 Å². The average molecular weight is 546 g/mol. The first-order chi connectivity index (χ1) is 14.8. The molecule has 0 radical (unpaired) electrons. The van der Waals surface area contributed by atoms with Gasteiger partial charge in [-0.05, 0) is 57.8 Å². The van der Waals surface area contributed by atoms with Crippen LogP contribution in [0.4, 0.5) is 5.69 Å². The van der Waals surface area contributed by atoms with Crippen LogP contribution in [0.5, 0.6) is 5.75 Å². The summed E-state index contributed by atoms with van der Waals surface area (Å²) in [4.78, 5) is 7.66. The Morgan fingerprint density at radius 1 is 1.19 bits per heavy atom. The fourth-order valence-electron chi connectivity index (χ4n) is 4.24. The molecule has 7 nitrogen and oxygen atoms in total. The Morgan fingerprint density at radius 2 is 1.97 bits per heavy atom.